The lowest BCUT2D eigenvalue weighted by Crippen LogP contribution is -2.26. The summed E-state index contributed by atoms with van der Waals surface area (Å²) in [6.07, 6.45) is 0. The van der Waals surface area contributed by atoms with E-state index in [1.165, 1.54) is 51.4 Å². The molecular formula is C17H18FNO4S. The molecule has 0 heterocycles. The van der Waals surface area contributed by atoms with E-state index >= 15 is 0 Å². The highest BCUT2D eigenvalue weighted by Gasteiger charge is 2.22. The molecule has 0 N–H and O–H groups in total. The fourth-order valence-corrected chi connectivity index (χ4v) is 3.41. The Balaban J connectivity index is 2.27. The van der Waals surface area contributed by atoms with Gasteiger partial charge in [-0.15, -0.1) is 0 Å². The standard InChI is InChI=1S/C17H18FNO4S/c1-12(20)14-5-4-6-15(10-14)24(21,22)19(2)11-13-7-8-17(23-3)16(18)9-13/h4-10H,11H2,1-3H3. The van der Waals surface area contributed by atoms with Crippen molar-refractivity contribution in [1.82, 2.24) is 4.31 Å². The monoisotopic (exact) mass is 351 g/mol. The molecule has 0 bridgehead atoms. The van der Waals surface area contributed by atoms with Crippen LogP contribution < -0.4 is 4.74 Å². The summed E-state index contributed by atoms with van der Waals surface area (Å²) in [5.74, 6) is -0.676. The third-order valence-corrected chi connectivity index (χ3v) is 5.37. The number of ketones is 1. The minimum Gasteiger partial charge on any atom is -0.494 e. The molecule has 7 heteroatoms. The van der Waals surface area contributed by atoms with Gasteiger partial charge in [-0.3, -0.25) is 4.79 Å². The lowest BCUT2D eigenvalue weighted by Gasteiger charge is -2.18. The van der Waals surface area contributed by atoms with Crippen LogP contribution in [0.1, 0.15) is 22.8 Å². The predicted octanol–water partition coefficient (Wildman–Crippen LogP) is 2.86. The van der Waals surface area contributed by atoms with Crippen LogP contribution in [0.15, 0.2) is 47.4 Å². The lowest BCUT2D eigenvalue weighted by molar-refractivity contribution is 0.101. The number of nitrogens with zero attached hydrogens (tertiary/aromatic N) is 1. The highest BCUT2D eigenvalue weighted by Crippen LogP contribution is 2.21. The summed E-state index contributed by atoms with van der Waals surface area (Å²) in [6.45, 7) is 1.36. The highest BCUT2D eigenvalue weighted by atomic mass is 32.2. The number of Topliss-reactive ketones (excluding diaryl/α,β-unsaturated/α-hetero) is 1. The maximum atomic E-state index is 13.7. The second kappa shape index (κ2) is 7.11. The van der Waals surface area contributed by atoms with E-state index in [2.05, 4.69) is 0 Å². The number of halogens is 1. The van der Waals surface area contributed by atoms with Gasteiger partial charge in [0.2, 0.25) is 10.0 Å². The molecule has 0 atom stereocenters. The topological polar surface area (TPSA) is 63.7 Å². The SMILES string of the molecule is COc1ccc(CN(C)S(=O)(=O)c2cccc(C(C)=O)c2)cc1F. The molecule has 0 aliphatic heterocycles. The molecule has 2 rings (SSSR count). The Kier molecular flexibility index (Phi) is 5.36. The van der Waals surface area contributed by atoms with Crippen LogP contribution in [0.5, 0.6) is 5.75 Å². The van der Waals surface area contributed by atoms with Crippen molar-refractivity contribution in [3.8, 4) is 5.75 Å². The molecule has 24 heavy (non-hydrogen) atoms. The second-order valence-electron chi connectivity index (χ2n) is 5.31. The number of hydrogen-bond donors (Lipinski definition) is 0. The van der Waals surface area contributed by atoms with Crippen molar-refractivity contribution in [2.24, 2.45) is 0 Å². The summed E-state index contributed by atoms with van der Waals surface area (Å²) in [5.41, 5.74) is 0.807. The van der Waals surface area contributed by atoms with Crippen LogP contribution in [-0.4, -0.2) is 32.7 Å². The van der Waals surface area contributed by atoms with Crippen LogP contribution in [0.25, 0.3) is 0 Å². The number of benzene rings is 2. The lowest BCUT2D eigenvalue weighted by atomic mass is 10.2. The van der Waals surface area contributed by atoms with Gasteiger partial charge in [-0.05, 0) is 36.8 Å². The van der Waals surface area contributed by atoms with E-state index in [1.807, 2.05) is 0 Å². The molecule has 0 aliphatic rings. The zero-order valence-electron chi connectivity index (χ0n) is 13.6. The molecule has 0 spiro atoms. The first kappa shape index (κ1) is 18.1. The summed E-state index contributed by atoms with van der Waals surface area (Å²) in [6, 6.07) is 10.1. The number of hydrogen-bond acceptors (Lipinski definition) is 4. The maximum Gasteiger partial charge on any atom is 0.243 e. The number of rotatable bonds is 6. The molecule has 0 saturated carbocycles. The van der Waals surface area contributed by atoms with Crippen molar-refractivity contribution in [2.45, 2.75) is 18.4 Å². The molecule has 0 aliphatic carbocycles. The van der Waals surface area contributed by atoms with Gasteiger partial charge in [0.15, 0.2) is 17.3 Å². The molecular weight excluding hydrogens is 333 g/mol. The van der Waals surface area contributed by atoms with Crippen molar-refractivity contribution in [3.63, 3.8) is 0 Å². The Labute approximate surface area is 140 Å². The van der Waals surface area contributed by atoms with Crippen LogP contribution in [0, 0.1) is 5.82 Å². The average molecular weight is 351 g/mol. The Morgan fingerprint density at radius 3 is 2.50 bits per heavy atom. The van der Waals surface area contributed by atoms with E-state index in [0.29, 0.717) is 11.1 Å². The molecule has 0 amide bonds. The van der Waals surface area contributed by atoms with Crippen molar-refractivity contribution in [2.75, 3.05) is 14.2 Å². The number of ether oxygens (including phenoxy) is 1. The van der Waals surface area contributed by atoms with E-state index in [0.717, 1.165) is 4.31 Å². The number of sulfonamides is 1. The van der Waals surface area contributed by atoms with Crippen LogP contribution >= 0.6 is 0 Å². The molecule has 0 fully saturated rings. The first-order chi connectivity index (χ1) is 11.3. The molecule has 0 saturated heterocycles. The van der Waals surface area contributed by atoms with Crippen molar-refractivity contribution in [3.05, 3.63) is 59.4 Å². The summed E-state index contributed by atoms with van der Waals surface area (Å²) < 4.78 is 44.9. The maximum absolute atomic E-state index is 13.7. The van der Waals surface area contributed by atoms with Crippen LogP contribution in [0.3, 0.4) is 0 Å². The van der Waals surface area contributed by atoms with Gasteiger partial charge in [0.25, 0.3) is 0 Å². The zero-order chi connectivity index (χ0) is 17.9. The predicted molar refractivity (Wildman–Crippen MR) is 88.1 cm³/mol. The minimum atomic E-state index is -3.79. The van der Waals surface area contributed by atoms with Gasteiger partial charge in [0.1, 0.15) is 0 Å². The molecule has 2 aromatic carbocycles. The zero-order valence-corrected chi connectivity index (χ0v) is 14.4. The first-order valence-corrected chi connectivity index (χ1v) is 8.59. The normalized spacial score (nSPS) is 11.5. The molecule has 0 unspecified atom stereocenters. The second-order valence-corrected chi connectivity index (χ2v) is 7.36. The van der Waals surface area contributed by atoms with E-state index in [-0.39, 0.29) is 23.0 Å². The average Bonchev–Trinajstić information content (AvgIpc) is 2.55. The van der Waals surface area contributed by atoms with Crippen LogP contribution in [0.2, 0.25) is 0 Å². The van der Waals surface area contributed by atoms with Gasteiger partial charge in [0, 0.05) is 19.2 Å². The van der Waals surface area contributed by atoms with E-state index in [1.54, 1.807) is 12.1 Å². The highest BCUT2D eigenvalue weighted by molar-refractivity contribution is 7.89. The number of methoxy groups -OCH3 is 1. The molecule has 0 radical (unpaired) electrons. The van der Waals surface area contributed by atoms with Crippen LogP contribution in [0.4, 0.5) is 4.39 Å². The Hall–Kier alpha value is -2.25. The third-order valence-electron chi connectivity index (χ3n) is 3.57. The van der Waals surface area contributed by atoms with Gasteiger partial charge in [-0.2, -0.15) is 4.31 Å². The van der Waals surface area contributed by atoms with Crippen molar-refractivity contribution in [1.29, 1.82) is 0 Å². The molecule has 5 nitrogen and oxygen atoms in total. The van der Waals surface area contributed by atoms with Crippen molar-refractivity contribution >= 4 is 15.8 Å². The van der Waals surface area contributed by atoms with Gasteiger partial charge in [-0.25, -0.2) is 12.8 Å². The Morgan fingerprint density at radius 1 is 1.21 bits per heavy atom. The fourth-order valence-electron chi connectivity index (χ4n) is 2.21. The van der Waals surface area contributed by atoms with Crippen molar-refractivity contribution < 1.29 is 22.3 Å². The first-order valence-electron chi connectivity index (χ1n) is 7.15. The molecule has 0 aromatic heterocycles. The smallest absolute Gasteiger partial charge is 0.243 e. The summed E-state index contributed by atoms with van der Waals surface area (Å²) >= 11 is 0. The van der Waals surface area contributed by atoms with Gasteiger partial charge in [-0.1, -0.05) is 18.2 Å². The molecule has 128 valence electrons. The van der Waals surface area contributed by atoms with E-state index in [9.17, 15) is 17.6 Å². The van der Waals surface area contributed by atoms with Gasteiger partial charge in [0.05, 0.1) is 12.0 Å². The van der Waals surface area contributed by atoms with Gasteiger partial charge >= 0.3 is 0 Å². The number of carbonyl (C=O) groups excluding carboxylic acids is 1. The van der Waals surface area contributed by atoms with E-state index in [4.69, 9.17) is 4.74 Å². The molecule has 2 aromatic rings. The fraction of sp³-hybridized carbons (Fsp3) is 0.235. The quantitative estimate of drug-likeness (QED) is 0.751. The number of carbonyl (C=O) groups is 1. The Morgan fingerprint density at radius 2 is 1.92 bits per heavy atom. The summed E-state index contributed by atoms with van der Waals surface area (Å²) in [7, 11) is -1.04. The minimum absolute atomic E-state index is 0.00640. The summed E-state index contributed by atoms with van der Waals surface area (Å²) in [4.78, 5) is 11.4. The largest absolute Gasteiger partial charge is 0.494 e. The summed E-state index contributed by atoms with van der Waals surface area (Å²) in [5, 5.41) is 0. The van der Waals surface area contributed by atoms with Gasteiger partial charge < -0.3 is 4.74 Å². The Bertz CT molecular complexity index is 865. The van der Waals surface area contributed by atoms with Crippen LogP contribution in [-0.2, 0) is 16.6 Å². The third kappa shape index (κ3) is 3.80. The van der Waals surface area contributed by atoms with E-state index < -0.39 is 15.8 Å².